The Balaban J connectivity index is 1.33. The van der Waals surface area contributed by atoms with E-state index in [9.17, 15) is 0 Å². The summed E-state index contributed by atoms with van der Waals surface area (Å²) in [5.74, 6) is 0. The van der Waals surface area contributed by atoms with Crippen LogP contribution in [0.1, 0.15) is 43.4 Å². The van der Waals surface area contributed by atoms with E-state index in [1.165, 1.54) is 76.0 Å². The predicted octanol–water partition coefficient (Wildman–Crippen LogP) is 11.0. The SMILES string of the molecule is CN1CC=C2C=CCCC2=C1c1ccc2c(c1)-c1sc3ccccc3c1-c1cc(-c3nccc4ccccc34)ccc1C2(C)C. The summed E-state index contributed by atoms with van der Waals surface area (Å²) >= 11 is 1.94. The molecule has 0 fully saturated rings. The summed E-state index contributed by atoms with van der Waals surface area (Å²) in [6, 6.07) is 34.0. The van der Waals surface area contributed by atoms with E-state index in [1.807, 2.05) is 17.5 Å². The number of benzene rings is 4. The van der Waals surface area contributed by atoms with E-state index < -0.39 is 0 Å². The van der Waals surface area contributed by atoms with Crippen LogP contribution in [0.25, 0.3) is 59.4 Å². The second-order valence-corrected chi connectivity index (χ2v) is 14.2. The highest BCUT2D eigenvalue weighted by atomic mass is 32.1. The molecule has 9 rings (SSSR count). The van der Waals surface area contributed by atoms with Gasteiger partial charge in [-0.3, -0.25) is 4.98 Å². The van der Waals surface area contributed by atoms with Crippen molar-refractivity contribution in [1.82, 2.24) is 9.88 Å². The molecule has 2 nitrogen and oxygen atoms in total. The maximum atomic E-state index is 4.92. The molecule has 0 spiro atoms. The molecule has 0 atom stereocenters. The number of likely N-dealkylation sites (N-methyl/N-ethyl adjacent to an activating group) is 1. The molecule has 0 N–H and O–H groups in total. The quantitative estimate of drug-likeness (QED) is 0.197. The second kappa shape index (κ2) is 9.89. The first-order valence-corrected chi connectivity index (χ1v) is 16.8. The molecule has 0 unspecified atom stereocenters. The lowest BCUT2D eigenvalue weighted by atomic mass is 9.74. The van der Waals surface area contributed by atoms with Crippen molar-refractivity contribution in [2.24, 2.45) is 0 Å². The summed E-state index contributed by atoms with van der Waals surface area (Å²) in [4.78, 5) is 8.72. The molecule has 2 aliphatic carbocycles. The molecule has 4 aromatic carbocycles. The Hall–Kier alpha value is -4.73. The van der Waals surface area contributed by atoms with Crippen LogP contribution >= 0.6 is 11.3 Å². The van der Waals surface area contributed by atoms with E-state index in [0.717, 1.165) is 30.6 Å². The lowest BCUT2D eigenvalue weighted by Gasteiger charge is -2.33. The van der Waals surface area contributed by atoms with Gasteiger partial charge in [-0.2, -0.15) is 0 Å². The second-order valence-electron chi connectivity index (χ2n) is 13.1. The minimum absolute atomic E-state index is 0.192. The van der Waals surface area contributed by atoms with Crippen molar-refractivity contribution in [2.75, 3.05) is 13.6 Å². The van der Waals surface area contributed by atoms with Gasteiger partial charge in [0.25, 0.3) is 0 Å². The number of hydrogen-bond acceptors (Lipinski definition) is 3. The van der Waals surface area contributed by atoms with Crippen LogP contribution in [-0.4, -0.2) is 23.5 Å². The molecule has 3 aliphatic rings. The van der Waals surface area contributed by atoms with Crippen LogP contribution in [0.4, 0.5) is 0 Å². The van der Waals surface area contributed by atoms with Gasteiger partial charge in [0, 0.05) is 62.4 Å². The molecule has 2 aromatic heterocycles. The van der Waals surface area contributed by atoms with Crippen LogP contribution < -0.4 is 0 Å². The number of rotatable bonds is 2. The van der Waals surface area contributed by atoms with Crippen LogP contribution in [0.15, 0.2) is 127 Å². The third-order valence-electron chi connectivity index (χ3n) is 10.2. The maximum Gasteiger partial charge on any atom is 0.0780 e. The standard InChI is InChI=1S/C42H34N2S/c1-42(2)35-18-16-28(39-30-12-6-4-10-26(30)20-22-43-39)24-33(35)38-32-14-8-9-15-37(32)45-41(38)34-25-29(17-19-36(34)42)40-31-13-7-5-11-27(31)21-23-44(40)3/h4-6,8-12,14-22,24-25H,7,13,23H2,1-3H3. The molecule has 3 heterocycles. The van der Waals surface area contributed by atoms with Gasteiger partial charge in [0.15, 0.2) is 0 Å². The van der Waals surface area contributed by atoms with Crippen LogP contribution in [0.2, 0.25) is 0 Å². The molecule has 6 aromatic rings. The zero-order valence-corrected chi connectivity index (χ0v) is 26.7. The van der Waals surface area contributed by atoms with Gasteiger partial charge in [-0.15, -0.1) is 11.3 Å². The highest BCUT2D eigenvalue weighted by Crippen LogP contribution is 2.55. The van der Waals surface area contributed by atoms with E-state index in [1.54, 1.807) is 0 Å². The first-order valence-electron chi connectivity index (χ1n) is 16.0. The summed E-state index contributed by atoms with van der Waals surface area (Å²) in [6.07, 6.45) is 11.2. The topological polar surface area (TPSA) is 16.1 Å². The molecule has 45 heavy (non-hydrogen) atoms. The van der Waals surface area contributed by atoms with Gasteiger partial charge in [0.1, 0.15) is 0 Å². The fourth-order valence-corrected chi connectivity index (χ4v) is 9.19. The number of hydrogen-bond donors (Lipinski definition) is 0. The number of allylic oxidation sites excluding steroid dienone is 4. The van der Waals surface area contributed by atoms with Crippen LogP contribution in [-0.2, 0) is 5.41 Å². The number of nitrogens with zero attached hydrogens (tertiary/aromatic N) is 2. The van der Waals surface area contributed by atoms with Gasteiger partial charge in [-0.1, -0.05) is 98.8 Å². The van der Waals surface area contributed by atoms with Gasteiger partial charge in [0.2, 0.25) is 0 Å². The van der Waals surface area contributed by atoms with E-state index in [0.29, 0.717) is 0 Å². The first kappa shape index (κ1) is 26.7. The lowest BCUT2D eigenvalue weighted by molar-refractivity contribution is 0.521. The van der Waals surface area contributed by atoms with Gasteiger partial charge >= 0.3 is 0 Å². The van der Waals surface area contributed by atoms with E-state index in [2.05, 4.69) is 135 Å². The Kier molecular flexibility index (Phi) is 5.86. The molecular formula is C42H34N2S. The molecule has 0 saturated carbocycles. The molecule has 0 bridgehead atoms. The Morgan fingerprint density at radius 3 is 2.44 bits per heavy atom. The van der Waals surface area contributed by atoms with Gasteiger partial charge in [0.05, 0.1) is 5.69 Å². The zero-order valence-electron chi connectivity index (χ0n) is 25.9. The van der Waals surface area contributed by atoms with Crippen molar-refractivity contribution in [3.63, 3.8) is 0 Å². The van der Waals surface area contributed by atoms with E-state index in [4.69, 9.17) is 4.98 Å². The smallest absolute Gasteiger partial charge is 0.0780 e. The molecule has 1 aliphatic heterocycles. The van der Waals surface area contributed by atoms with E-state index in [-0.39, 0.29) is 5.41 Å². The number of aromatic nitrogens is 1. The van der Waals surface area contributed by atoms with Gasteiger partial charge in [-0.25, -0.2) is 0 Å². The van der Waals surface area contributed by atoms with Gasteiger partial charge < -0.3 is 4.90 Å². The average molecular weight is 599 g/mol. The van der Waals surface area contributed by atoms with Crippen LogP contribution in [0, 0.1) is 0 Å². The molecule has 3 heteroatoms. The molecule has 0 amide bonds. The van der Waals surface area contributed by atoms with Crippen molar-refractivity contribution < 1.29 is 0 Å². The summed E-state index contributed by atoms with van der Waals surface area (Å²) in [6.45, 7) is 5.74. The minimum atomic E-state index is -0.192. The highest BCUT2D eigenvalue weighted by molar-refractivity contribution is 7.23. The normalized spacial score (nSPS) is 16.6. The Morgan fingerprint density at radius 2 is 1.56 bits per heavy atom. The third kappa shape index (κ3) is 3.97. The zero-order chi connectivity index (χ0) is 30.3. The average Bonchev–Trinajstić information content (AvgIpc) is 3.44. The lowest BCUT2D eigenvalue weighted by Crippen LogP contribution is -2.24. The maximum absolute atomic E-state index is 4.92. The summed E-state index contributed by atoms with van der Waals surface area (Å²) in [7, 11) is 2.24. The summed E-state index contributed by atoms with van der Waals surface area (Å²) in [5, 5.41) is 3.73. The fourth-order valence-electron chi connectivity index (χ4n) is 7.95. The van der Waals surface area contributed by atoms with Crippen molar-refractivity contribution in [1.29, 1.82) is 0 Å². The molecule has 0 saturated heterocycles. The largest absolute Gasteiger partial charge is 0.370 e. The number of pyridine rings is 1. The Labute approximate surface area is 268 Å². The van der Waals surface area contributed by atoms with Crippen molar-refractivity contribution in [3.05, 3.63) is 143 Å². The number of thiophene rings is 1. The molecule has 0 radical (unpaired) electrons. The summed E-state index contributed by atoms with van der Waals surface area (Å²) < 4.78 is 1.33. The first-order chi connectivity index (χ1) is 22.0. The van der Waals surface area contributed by atoms with E-state index >= 15 is 0 Å². The van der Waals surface area contributed by atoms with Gasteiger partial charge in [-0.05, 0) is 81.5 Å². The molecular weight excluding hydrogens is 565 g/mol. The fraction of sp³-hybridized carbons (Fsp3) is 0.167. The predicted molar refractivity (Wildman–Crippen MR) is 192 cm³/mol. The van der Waals surface area contributed by atoms with Crippen LogP contribution in [0.3, 0.4) is 0 Å². The van der Waals surface area contributed by atoms with Crippen molar-refractivity contribution in [2.45, 2.75) is 32.1 Å². The van der Waals surface area contributed by atoms with Crippen LogP contribution in [0.5, 0.6) is 0 Å². The Morgan fingerprint density at radius 1 is 0.800 bits per heavy atom. The Bertz CT molecular complexity index is 2290. The minimum Gasteiger partial charge on any atom is -0.370 e. The third-order valence-corrected chi connectivity index (χ3v) is 11.4. The highest BCUT2D eigenvalue weighted by Gasteiger charge is 2.36. The summed E-state index contributed by atoms with van der Waals surface area (Å²) in [5.41, 5.74) is 14.4. The molecule has 218 valence electrons. The monoisotopic (exact) mass is 598 g/mol. The number of fused-ring (bicyclic) bond motifs is 9. The van der Waals surface area contributed by atoms with Crippen molar-refractivity contribution >= 4 is 37.9 Å². The van der Waals surface area contributed by atoms with Crippen molar-refractivity contribution in [3.8, 4) is 32.8 Å².